The highest BCUT2D eigenvalue weighted by Gasteiger charge is 2.08. The number of aromatic nitrogens is 2. The molecular weight excluding hydrogens is 236 g/mol. The highest BCUT2D eigenvalue weighted by molar-refractivity contribution is 5.94. The van der Waals surface area contributed by atoms with Crippen LogP contribution in [0.4, 0.5) is 11.4 Å². The summed E-state index contributed by atoms with van der Waals surface area (Å²) in [5, 5.41) is 8.48. The van der Waals surface area contributed by atoms with Crippen LogP contribution in [0.5, 0.6) is 0 Å². The van der Waals surface area contributed by atoms with Crippen LogP contribution in [0.1, 0.15) is 0 Å². The Balaban J connectivity index is 2.11. The van der Waals surface area contributed by atoms with Crippen LogP contribution >= 0.6 is 0 Å². The van der Waals surface area contributed by atoms with E-state index in [4.69, 9.17) is 5.73 Å². The minimum atomic E-state index is 0.750. The van der Waals surface area contributed by atoms with Gasteiger partial charge < -0.3 is 10.6 Å². The SMILES string of the molecule is CN(C)c1ccc(-c2n[nH]c3ccc(N)cc23)cc1. The van der Waals surface area contributed by atoms with Gasteiger partial charge in [-0.15, -0.1) is 0 Å². The molecule has 0 unspecified atom stereocenters. The number of benzene rings is 2. The van der Waals surface area contributed by atoms with Crippen molar-refractivity contribution >= 4 is 22.3 Å². The van der Waals surface area contributed by atoms with E-state index < -0.39 is 0 Å². The maximum atomic E-state index is 5.85. The Hall–Kier alpha value is -2.49. The van der Waals surface area contributed by atoms with Gasteiger partial charge in [0.15, 0.2) is 0 Å². The quantitative estimate of drug-likeness (QED) is 0.689. The lowest BCUT2D eigenvalue weighted by Crippen LogP contribution is -2.07. The Morgan fingerprint density at radius 1 is 1.05 bits per heavy atom. The van der Waals surface area contributed by atoms with Gasteiger partial charge in [0.25, 0.3) is 0 Å². The van der Waals surface area contributed by atoms with E-state index >= 15 is 0 Å². The Morgan fingerprint density at radius 3 is 2.47 bits per heavy atom. The van der Waals surface area contributed by atoms with E-state index in [9.17, 15) is 0 Å². The zero-order valence-corrected chi connectivity index (χ0v) is 11.0. The lowest BCUT2D eigenvalue weighted by molar-refractivity contribution is 1.12. The monoisotopic (exact) mass is 252 g/mol. The largest absolute Gasteiger partial charge is 0.399 e. The Morgan fingerprint density at radius 2 is 1.79 bits per heavy atom. The van der Waals surface area contributed by atoms with Gasteiger partial charge in [-0.25, -0.2) is 0 Å². The fourth-order valence-corrected chi connectivity index (χ4v) is 2.17. The maximum Gasteiger partial charge on any atom is 0.1000 e. The van der Waals surface area contributed by atoms with Gasteiger partial charge in [0.2, 0.25) is 0 Å². The van der Waals surface area contributed by atoms with Crippen LogP contribution in [0, 0.1) is 0 Å². The molecule has 0 radical (unpaired) electrons. The number of fused-ring (bicyclic) bond motifs is 1. The topological polar surface area (TPSA) is 57.9 Å². The fraction of sp³-hybridized carbons (Fsp3) is 0.133. The predicted octanol–water partition coefficient (Wildman–Crippen LogP) is 2.88. The molecule has 0 fully saturated rings. The third-order valence-corrected chi connectivity index (χ3v) is 3.24. The molecule has 0 amide bonds. The highest BCUT2D eigenvalue weighted by Crippen LogP contribution is 2.28. The third kappa shape index (κ3) is 2.01. The zero-order chi connectivity index (χ0) is 13.4. The summed E-state index contributed by atoms with van der Waals surface area (Å²) in [5.41, 5.74) is 10.8. The van der Waals surface area contributed by atoms with Crippen molar-refractivity contribution in [3.63, 3.8) is 0 Å². The van der Waals surface area contributed by atoms with E-state index in [1.807, 2.05) is 32.3 Å². The lowest BCUT2D eigenvalue weighted by atomic mass is 10.1. The van der Waals surface area contributed by atoms with Crippen molar-refractivity contribution in [2.24, 2.45) is 0 Å². The average molecular weight is 252 g/mol. The standard InChI is InChI=1S/C15H16N4/c1-19(2)12-6-3-10(4-7-12)15-13-9-11(16)5-8-14(13)17-18-15/h3-9H,16H2,1-2H3,(H,17,18). The van der Waals surface area contributed by atoms with Crippen LogP contribution in [-0.2, 0) is 0 Å². The second kappa shape index (κ2) is 4.31. The minimum Gasteiger partial charge on any atom is -0.399 e. The molecule has 1 heterocycles. The summed E-state index contributed by atoms with van der Waals surface area (Å²) in [6.07, 6.45) is 0. The number of anilines is 2. The fourth-order valence-electron chi connectivity index (χ4n) is 2.17. The number of nitrogens with two attached hydrogens (primary N) is 1. The first-order chi connectivity index (χ1) is 9.15. The van der Waals surface area contributed by atoms with Gasteiger partial charge in [-0.05, 0) is 30.3 Å². The average Bonchev–Trinajstić information content (AvgIpc) is 2.81. The van der Waals surface area contributed by atoms with Crippen molar-refractivity contribution in [3.8, 4) is 11.3 Å². The van der Waals surface area contributed by atoms with Gasteiger partial charge in [-0.2, -0.15) is 5.10 Å². The molecule has 3 N–H and O–H groups in total. The first kappa shape index (κ1) is 11.6. The molecular formula is C15H16N4. The van der Waals surface area contributed by atoms with E-state index in [-0.39, 0.29) is 0 Å². The van der Waals surface area contributed by atoms with Crippen molar-refractivity contribution < 1.29 is 0 Å². The number of nitrogen functional groups attached to an aromatic ring is 1. The van der Waals surface area contributed by atoms with Crippen molar-refractivity contribution in [2.45, 2.75) is 0 Å². The summed E-state index contributed by atoms with van der Waals surface area (Å²) >= 11 is 0. The smallest absolute Gasteiger partial charge is 0.1000 e. The number of nitrogens with one attached hydrogen (secondary N) is 1. The summed E-state index contributed by atoms with van der Waals surface area (Å²) in [6, 6.07) is 14.1. The molecule has 19 heavy (non-hydrogen) atoms. The normalized spacial score (nSPS) is 10.8. The van der Waals surface area contributed by atoms with Gasteiger partial charge in [0, 0.05) is 36.4 Å². The van der Waals surface area contributed by atoms with Gasteiger partial charge in [-0.3, -0.25) is 5.10 Å². The molecule has 4 heteroatoms. The van der Waals surface area contributed by atoms with Crippen molar-refractivity contribution in [3.05, 3.63) is 42.5 Å². The molecule has 0 aliphatic heterocycles. The van der Waals surface area contributed by atoms with Crippen molar-refractivity contribution in [2.75, 3.05) is 24.7 Å². The number of H-pyrrole nitrogens is 1. The van der Waals surface area contributed by atoms with Gasteiger partial charge in [0.1, 0.15) is 0 Å². The molecule has 0 saturated carbocycles. The van der Waals surface area contributed by atoms with Crippen LogP contribution in [0.2, 0.25) is 0 Å². The molecule has 0 saturated heterocycles. The van der Waals surface area contributed by atoms with Crippen LogP contribution < -0.4 is 10.6 Å². The predicted molar refractivity (Wildman–Crippen MR) is 80.3 cm³/mol. The summed E-state index contributed by atoms with van der Waals surface area (Å²) in [7, 11) is 4.05. The Labute approximate surface area is 111 Å². The number of hydrogen-bond donors (Lipinski definition) is 2. The number of aromatic amines is 1. The van der Waals surface area contributed by atoms with Crippen LogP contribution in [0.3, 0.4) is 0 Å². The van der Waals surface area contributed by atoms with E-state index in [1.165, 1.54) is 5.69 Å². The molecule has 2 aromatic carbocycles. The molecule has 3 aromatic rings. The number of rotatable bonds is 2. The molecule has 1 aromatic heterocycles. The van der Waals surface area contributed by atoms with E-state index in [0.717, 1.165) is 27.8 Å². The van der Waals surface area contributed by atoms with Crippen molar-refractivity contribution in [1.29, 1.82) is 0 Å². The molecule has 3 rings (SSSR count). The van der Waals surface area contributed by atoms with Gasteiger partial charge in [0.05, 0.1) is 11.2 Å². The molecule has 0 spiro atoms. The van der Waals surface area contributed by atoms with Gasteiger partial charge in [-0.1, -0.05) is 12.1 Å². The van der Waals surface area contributed by atoms with Gasteiger partial charge >= 0.3 is 0 Å². The first-order valence-corrected chi connectivity index (χ1v) is 6.16. The first-order valence-electron chi connectivity index (χ1n) is 6.16. The van der Waals surface area contributed by atoms with E-state index in [2.05, 4.69) is 39.4 Å². The Kier molecular flexibility index (Phi) is 2.63. The second-order valence-corrected chi connectivity index (χ2v) is 4.82. The molecule has 96 valence electrons. The van der Waals surface area contributed by atoms with Crippen molar-refractivity contribution in [1.82, 2.24) is 10.2 Å². The van der Waals surface area contributed by atoms with Crippen LogP contribution in [-0.4, -0.2) is 24.3 Å². The third-order valence-electron chi connectivity index (χ3n) is 3.24. The molecule has 0 bridgehead atoms. The summed E-state index contributed by atoms with van der Waals surface area (Å²) < 4.78 is 0. The molecule has 0 aliphatic rings. The molecule has 0 aliphatic carbocycles. The molecule has 4 nitrogen and oxygen atoms in total. The minimum absolute atomic E-state index is 0.750. The van der Waals surface area contributed by atoms with E-state index in [1.54, 1.807) is 0 Å². The van der Waals surface area contributed by atoms with Crippen LogP contribution in [0.25, 0.3) is 22.2 Å². The Bertz CT molecular complexity index is 711. The summed E-state index contributed by atoms with van der Waals surface area (Å²) in [6.45, 7) is 0. The zero-order valence-electron chi connectivity index (χ0n) is 11.0. The van der Waals surface area contributed by atoms with E-state index in [0.29, 0.717) is 0 Å². The molecule has 0 atom stereocenters. The maximum absolute atomic E-state index is 5.85. The second-order valence-electron chi connectivity index (χ2n) is 4.82. The van der Waals surface area contributed by atoms with Crippen LogP contribution in [0.15, 0.2) is 42.5 Å². The number of nitrogens with zero attached hydrogens (tertiary/aromatic N) is 2. The number of hydrogen-bond acceptors (Lipinski definition) is 3. The summed E-state index contributed by atoms with van der Waals surface area (Å²) in [4.78, 5) is 2.07. The highest BCUT2D eigenvalue weighted by atomic mass is 15.1. The summed E-state index contributed by atoms with van der Waals surface area (Å²) in [5.74, 6) is 0. The lowest BCUT2D eigenvalue weighted by Gasteiger charge is -2.12.